The Labute approximate surface area is 222 Å². The van der Waals surface area contributed by atoms with Crippen LogP contribution in [0.4, 0.5) is 0 Å². The topological polar surface area (TPSA) is 69.9 Å². The number of rotatable bonds is 6. The van der Waals surface area contributed by atoms with E-state index in [0.717, 1.165) is 32.4 Å². The van der Waals surface area contributed by atoms with E-state index in [-0.39, 0.29) is 0 Å². The number of thioether (sulfide) groups is 1. The fourth-order valence-corrected chi connectivity index (χ4v) is 6.77. The first-order chi connectivity index (χ1) is 16.6. The fraction of sp³-hybridized carbons (Fsp3) is 0.280. The number of aromatic nitrogens is 4. The molecule has 4 rings (SSSR count). The molecule has 4 aromatic rings. The molecule has 6 nitrogen and oxygen atoms in total. The molecule has 0 saturated heterocycles. The summed E-state index contributed by atoms with van der Waals surface area (Å²) in [6.07, 6.45) is 0. The van der Waals surface area contributed by atoms with E-state index >= 15 is 0 Å². The lowest BCUT2D eigenvalue weighted by atomic mass is 10.0. The second kappa shape index (κ2) is 10.3. The fourth-order valence-electron chi connectivity index (χ4n) is 3.81. The lowest BCUT2D eigenvalue weighted by molar-refractivity contribution is 0.0591. The monoisotopic (exact) mass is 546 g/mol. The number of carbonyl (C=O) groups is 1. The van der Waals surface area contributed by atoms with Gasteiger partial charge in [0, 0.05) is 32.8 Å². The van der Waals surface area contributed by atoms with Crippen LogP contribution in [0.25, 0.3) is 27.5 Å². The Kier molecular flexibility index (Phi) is 7.57. The molecular weight excluding hydrogens is 523 g/mol. The van der Waals surface area contributed by atoms with Crippen LogP contribution in [0.1, 0.15) is 41.4 Å². The highest BCUT2D eigenvalue weighted by Gasteiger charge is 2.28. The van der Waals surface area contributed by atoms with Crippen LogP contribution in [0.3, 0.4) is 0 Å². The average Bonchev–Trinajstić information content (AvgIpc) is 3.33. The van der Waals surface area contributed by atoms with Gasteiger partial charge in [0.15, 0.2) is 5.69 Å². The van der Waals surface area contributed by atoms with Gasteiger partial charge in [0.2, 0.25) is 5.13 Å². The Morgan fingerprint density at radius 2 is 1.77 bits per heavy atom. The minimum absolute atomic E-state index is 0.311. The predicted octanol–water partition coefficient (Wildman–Crippen LogP) is 7.58. The summed E-state index contributed by atoms with van der Waals surface area (Å²) < 4.78 is 7.72. The first-order valence-electron chi connectivity index (χ1n) is 10.9. The number of halogens is 2. The minimum Gasteiger partial charge on any atom is -0.464 e. The number of carbonyl (C=O) groups excluding carboxylic acids is 1. The van der Waals surface area contributed by atoms with E-state index in [9.17, 15) is 4.79 Å². The quantitative estimate of drug-likeness (QED) is 0.183. The van der Waals surface area contributed by atoms with Crippen molar-refractivity contribution in [2.24, 2.45) is 0 Å². The molecule has 0 aliphatic carbocycles. The van der Waals surface area contributed by atoms with Crippen LogP contribution in [-0.4, -0.2) is 38.1 Å². The van der Waals surface area contributed by atoms with Gasteiger partial charge >= 0.3 is 5.97 Å². The van der Waals surface area contributed by atoms with Gasteiger partial charge in [-0.2, -0.15) is 9.78 Å². The zero-order chi connectivity index (χ0) is 25.4. The highest BCUT2D eigenvalue weighted by Crippen LogP contribution is 2.43. The molecule has 0 unspecified atom stereocenters. The van der Waals surface area contributed by atoms with Gasteiger partial charge in [-0.3, -0.25) is 4.98 Å². The zero-order valence-corrected chi connectivity index (χ0v) is 23.3. The van der Waals surface area contributed by atoms with Crippen LogP contribution in [0.5, 0.6) is 0 Å². The lowest BCUT2D eigenvalue weighted by Crippen LogP contribution is -2.11. The summed E-state index contributed by atoms with van der Waals surface area (Å²) in [5.41, 5.74) is 5.77. The Bertz CT molecular complexity index is 1410. The number of hydrogen-bond donors (Lipinski definition) is 0. The Morgan fingerprint density at radius 1 is 1.09 bits per heavy atom. The van der Waals surface area contributed by atoms with E-state index in [1.807, 2.05) is 39.0 Å². The van der Waals surface area contributed by atoms with Crippen LogP contribution < -0.4 is 0 Å². The SMILES string of the molecule is COC(=O)c1c(-c2cc(C)nc(C)c2)c(C)nn1-c1nc(-c2ccc(Cl)cc2Cl)c(SC(C)C)s1. The van der Waals surface area contributed by atoms with Crippen molar-refractivity contribution in [1.82, 2.24) is 19.7 Å². The molecule has 0 N–H and O–H groups in total. The number of ether oxygens (including phenoxy) is 1. The number of aryl methyl sites for hydroxylation is 3. The summed E-state index contributed by atoms with van der Waals surface area (Å²) in [6.45, 7) is 9.94. The van der Waals surface area contributed by atoms with Crippen molar-refractivity contribution in [2.75, 3.05) is 7.11 Å². The molecule has 0 saturated carbocycles. The molecule has 182 valence electrons. The van der Waals surface area contributed by atoms with Gasteiger partial charge in [0.05, 0.1) is 27.7 Å². The van der Waals surface area contributed by atoms with Crippen LogP contribution in [0.2, 0.25) is 10.0 Å². The minimum atomic E-state index is -0.493. The molecule has 0 fully saturated rings. The van der Waals surface area contributed by atoms with E-state index in [1.54, 1.807) is 28.6 Å². The number of esters is 1. The van der Waals surface area contributed by atoms with Gasteiger partial charge in [-0.25, -0.2) is 9.78 Å². The lowest BCUT2D eigenvalue weighted by Gasteiger charge is -2.08. The maximum atomic E-state index is 13.1. The van der Waals surface area contributed by atoms with Crippen LogP contribution in [0, 0.1) is 20.8 Å². The first-order valence-corrected chi connectivity index (χ1v) is 13.3. The third-order valence-electron chi connectivity index (χ3n) is 5.10. The van der Waals surface area contributed by atoms with Gasteiger partial charge in [-0.1, -0.05) is 48.4 Å². The summed E-state index contributed by atoms with van der Waals surface area (Å²) in [5, 5.41) is 6.65. The average molecular weight is 548 g/mol. The largest absolute Gasteiger partial charge is 0.464 e. The maximum absolute atomic E-state index is 13.1. The Morgan fingerprint density at radius 3 is 2.37 bits per heavy atom. The molecule has 35 heavy (non-hydrogen) atoms. The van der Waals surface area contributed by atoms with Crippen molar-refractivity contribution < 1.29 is 9.53 Å². The number of pyridine rings is 1. The van der Waals surface area contributed by atoms with E-state index in [1.165, 1.54) is 18.4 Å². The summed E-state index contributed by atoms with van der Waals surface area (Å²) in [5.74, 6) is -0.493. The summed E-state index contributed by atoms with van der Waals surface area (Å²) in [7, 11) is 1.36. The smallest absolute Gasteiger partial charge is 0.357 e. The van der Waals surface area contributed by atoms with Crippen molar-refractivity contribution >= 4 is 52.3 Å². The maximum Gasteiger partial charge on any atom is 0.357 e. The highest BCUT2D eigenvalue weighted by atomic mass is 35.5. The Balaban J connectivity index is 1.96. The van der Waals surface area contributed by atoms with Crippen LogP contribution >= 0.6 is 46.3 Å². The first kappa shape index (κ1) is 25.7. The van der Waals surface area contributed by atoms with E-state index in [0.29, 0.717) is 37.4 Å². The van der Waals surface area contributed by atoms with Crippen LogP contribution in [-0.2, 0) is 4.74 Å². The van der Waals surface area contributed by atoms with Crippen molar-refractivity contribution in [1.29, 1.82) is 0 Å². The standard InChI is InChI=1S/C25H24Cl2N4O2S2/c1-12(2)34-24-21(18-8-7-17(26)11-19(18)27)29-25(35-24)31-22(23(32)33-6)20(15(5)30-31)16-9-13(3)28-14(4)10-16/h7-12H,1-6H3. The van der Waals surface area contributed by atoms with Crippen molar-refractivity contribution in [3.8, 4) is 27.5 Å². The van der Waals surface area contributed by atoms with Gasteiger partial charge in [-0.15, -0.1) is 11.8 Å². The predicted molar refractivity (Wildman–Crippen MR) is 144 cm³/mol. The number of methoxy groups -OCH3 is 1. The summed E-state index contributed by atoms with van der Waals surface area (Å²) >= 11 is 15.8. The molecule has 1 aromatic carbocycles. The van der Waals surface area contributed by atoms with E-state index < -0.39 is 5.97 Å². The second-order valence-electron chi connectivity index (χ2n) is 8.27. The molecule has 0 aliphatic rings. The van der Waals surface area contributed by atoms with Crippen molar-refractivity contribution in [2.45, 2.75) is 44.1 Å². The van der Waals surface area contributed by atoms with E-state index in [4.69, 9.17) is 38.0 Å². The summed E-state index contributed by atoms with van der Waals surface area (Å²) in [6, 6.07) is 9.22. The molecule has 0 spiro atoms. The van der Waals surface area contributed by atoms with E-state index in [2.05, 4.69) is 18.8 Å². The van der Waals surface area contributed by atoms with Crippen LogP contribution in [0.15, 0.2) is 34.5 Å². The number of nitrogens with zero attached hydrogens (tertiary/aromatic N) is 4. The highest BCUT2D eigenvalue weighted by molar-refractivity contribution is 8.01. The molecule has 0 aliphatic heterocycles. The zero-order valence-electron chi connectivity index (χ0n) is 20.1. The van der Waals surface area contributed by atoms with Gasteiger partial charge in [-0.05, 0) is 56.7 Å². The molecule has 10 heteroatoms. The van der Waals surface area contributed by atoms with Crippen molar-refractivity contribution in [3.05, 3.63) is 63.2 Å². The van der Waals surface area contributed by atoms with Gasteiger partial charge in [0.1, 0.15) is 0 Å². The van der Waals surface area contributed by atoms with Crippen molar-refractivity contribution in [3.63, 3.8) is 0 Å². The Hall–Kier alpha value is -2.39. The third-order valence-corrected chi connectivity index (χ3v) is 7.90. The molecule has 3 aromatic heterocycles. The molecule has 3 heterocycles. The number of benzene rings is 1. The molecular formula is C25H24Cl2N4O2S2. The third kappa shape index (κ3) is 5.26. The van der Waals surface area contributed by atoms with Gasteiger partial charge in [0.25, 0.3) is 0 Å². The van der Waals surface area contributed by atoms with Gasteiger partial charge < -0.3 is 4.74 Å². The number of hydrogen-bond acceptors (Lipinski definition) is 7. The number of thiazole rings is 1. The summed E-state index contributed by atoms with van der Waals surface area (Å²) in [4.78, 5) is 22.4. The molecule has 0 atom stereocenters. The molecule has 0 amide bonds. The normalized spacial score (nSPS) is 11.3. The second-order valence-corrected chi connectivity index (χ2v) is 11.9. The molecule has 0 bridgehead atoms. The molecule has 0 radical (unpaired) electrons.